The lowest BCUT2D eigenvalue weighted by Crippen LogP contribution is -2.04. The first-order chi connectivity index (χ1) is 9.88. The topological polar surface area (TPSA) is 29.9 Å². The first-order valence-corrected chi connectivity index (χ1v) is 6.99. The van der Waals surface area contributed by atoms with Crippen molar-refractivity contribution in [3.05, 3.63) is 66.1 Å². The molecule has 1 aromatic carbocycles. The number of hydrogen-bond donors (Lipinski definition) is 1. The average Bonchev–Trinajstić information content (AvgIpc) is 2.85. The molecule has 0 aliphatic carbocycles. The van der Waals surface area contributed by atoms with Crippen molar-refractivity contribution in [2.24, 2.45) is 0 Å². The Balaban J connectivity index is 1.87. The lowest BCUT2D eigenvalue weighted by atomic mass is 10.2. The molecule has 0 radical (unpaired) electrons. The maximum atomic E-state index is 4.17. The van der Waals surface area contributed by atoms with Crippen molar-refractivity contribution < 1.29 is 0 Å². The van der Waals surface area contributed by atoms with Crippen LogP contribution in [-0.4, -0.2) is 16.6 Å². The van der Waals surface area contributed by atoms with Crippen LogP contribution in [0.1, 0.15) is 11.1 Å². The highest BCUT2D eigenvalue weighted by molar-refractivity contribution is 5.83. The van der Waals surface area contributed by atoms with Crippen LogP contribution in [0.3, 0.4) is 0 Å². The van der Waals surface area contributed by atoms with Crippen LogP contribution in [0.5, 0.6) is 0 Å². The predicted molar refractivity (Wildman–Crippen MR) is 82.6 cm³/mol. The minimum atomic E-state index is 0.903. The molecule has 3 heteroatoms. The fraction of sp³-hybridized carbons (Fsp3) is 0.235. The number of rotatable bonds is 5. The summed E-state index contributed by atoms with van der Waals surface area (Å²) in [5.41, 5.74) is 3.94. The van der Waals surface area contributed by atoms with Gasteiger partial charge in [0.2, 0.25) is 0 Å². The molecule has 0 fully saturated rings. The Morgan fingerprint density at radius 2 is 2.05 bits per heavy atom. The van der Waals surface area contributed by atoms with Gasteiger partial charge in [0.05, 0.1) is 0 Å². The Morgan fingerprint density at radius 3 is 2.85 bits per heavy atom. The van der Waals surface area contributed by atoms with E-state index in [0.717, 1.165) is 19.5 Å². The molecule has 3 rings (SSSR count). The zero-order valence-corrected chi connectivity index (χ0v) is 11.7. The summed E-state index contributed by atoms with van der Waals surface area (Å²) in [5.74, 6) is 0. The van der Waals surface area contributed by atoms with Crippen molar-refractivity contribution in [3.8, 4) is 0 Å². The molecule has 0 aliphatic rings. The van der Waals surface area contributed by atoms with Gasteiger partial charge in [-0.2, -0.15) is 0 Å². The highest BCUT2D eigenvalue weighted by Crippen LogP contribution is 2.21. The van der Waals surface area contributed by atoms with E-state index < -0.39 is 0 Å². The van der Waals surface area contributed by atoms with Gasteiger partial charge in [0, 0.05) is 42.6 Å². The molecule has 0 spiro atoms. The fourth-order valence-corrected chi connectivity index (χ4v) is 2.63. The van der Waals surface area contributed by atoms with E-state index in [1.807, 2.05) is 25.5 Å². The number of nitrogens with zero attached hydrogens (tertiary/aromatic N) is 2. The number of pyridine rings is 1. The maximum Gasteiger partial charge on any atom is 0.0483 e. The third kappa shape index (κ3) is 2.58. The summed E-state index contributed by atoms with van der Waals surface area (Å²) in [7, 11) is 1.99. The molecule has 0 saturated heterocycles. The maximum absolute atomic E-state index is 4.17. The van der Waals surface area contributed by atoms with Crippen molar-refractivity contribution in [2.45, 2.75) is 19.5 Å². The monoisotopic (exact) mass is 265 g/mol. The zero-order valence-electron chi connectivity index (χ0n) is 11.7. The molecule has 1 N–H and O–H groups in total. The van der Waals surface area contributed by atoms with E-state index in [9.17, 15) is 0 Å². The van der Waals surface area contributed by atoms with E-state index in [4.69, 9.17) is 0 Å². The second-order valence-electron chi connectivity index (χ2n) is 5.01. The SMILES string of the molecule is CNCc1cn(CCc2cccnc2)c2ccccc12. The number of hydrogen-bond acceptors (Lipinski definition) is 2. The minimum Gasteiger partial charge on any atom is -0.347 e. The molecule has 102 valence electrons. The van der Waals surface area contributed by atoms with Crippen LogP contribution in [0, 0.1) is 0 Å². The molecule has 0 atom stereocenters. The number of benzene rings is 1. The van der Waals surface area contributed by atoms with Gasteiger partial charge < -0.3 is 9.88 Å². The van der Waals surface area contributed by atoms with Gasteiger partial charge in [-0.05, 0) is 36.7 Å². The molecular formula is C17H19N3. The summed E-state index contributed by atoms with van der Waals surface area (Å²) in [6.07, 6.45) is 7.03. The van der Waals surface area contributed by atoms with Crippen LogP contribution in [-0.2, 0) is 19.5 Å². The molecule has 3 nitrogen and oxygen atoms in total. The first-order valence-electron chi connectivity index (χ1n) is 6.99. The van der Waals surface area contributed by atoms with Gasteiger partial charge in [0.1, 0.15) is 0 Å². The third-order valence-corrected chi connectivity index (χ3v) is 3.60. The number of aromatic nitrogens is 2. The molecule has 20 heavy (non-hydrogen) atoms. The van der Waals surface area contributed by atoms with E-state index in [0.29, 0.717) is 0 Å². The van der Waals surface area contributed by atoms with Crippen LogP contribution < -0.4 is 5.32 Å². The van der Waals surface area contributed by atoms with Crippen LogP contribution in [0.25, 0.3) is 10.9 Å². The first kappa shape index (κ1) is 12.9. The molecule has 0 amide bonds. The van der Waals surface area contributed by atoms with Crippen molar-refractivity contribution in [1.82, 2.24) is 14.9 Å². The highest BCUT2D eigenvalue weighted by Gasteiger charge is 2.07. The second-order valence-corrected chi connectivity index (χ2v) is 5.01. The van der Waals surface area contributed by atoms with E-state index in [1.165, 1.54) is 22.0 Å². The Morgan fingerprint density at radius 1 is 1.15 bits per heavy atom. The average molecular weight is 265 g/mol. The molecule has 2 heterocycles. The Hall–Kier alpha value is -2.13. The second kappa shape index (κ2) is 5.88. The van der Waals surface area contributed by atoms with E-state index >= 15 is 0 Å². The minimum absolute atomic E-state index is 0.903. The Bertz CT molecular complexity index is 686. The smallest absolute Gasteiger partial charge is 0.0483 e. The zero-order chi connectivity index (χ0) is 13.8. The van der Waals surface area contributed by atoms with Gasteiger partial charge in [0.15, 0.2) is 0 Å². The summed E-state index contributed by atoms with van der Waals surface area (Å²) in [6.45, 7) is 1.89. The lowest BCUT2D eigenvalue weighted by molar-refractivity contribution is 0.713. The summed E-state index contributed by atoms with van der Waals surface area (Å²) in [4.78, 5) is 4.17. The Labute approximate surface area is 119 Å². The summed E-state index contributed by atoms with van der Waals surface area (Å²) >= 11 is 0. The molecule has 2 aromatic heterocycles. The molecule has 0 unspecified atom stereocenters. The molecular weight excluding hydrogens is 246 g/mol. The largest absolute Gasteiger partial charge is 0.347 e. The number of nitrogens with one attached hydrogen (secondary N) is 1. The predicted octanol–water partition coefficient (Wildman–Crippen LogP) is 3.00. The van der Waals surface area contributed by atoms with Gasteiger partial charge in [-0.25, -0.2) is 0 Å². The van der Waals surface area contributed by atoms with Crippen molar-refractivity contribution in [2.75, 3.05) is 7.05 Å². The lowest BCUT2D eigenvalue weighted by Gasteiger charge is -2.05. The summed E-state index contributed by atoms with van der Waals surface area (Å²) in [5, 5.41) is 4.58. The number of fused-ring (bicyclic) bond motifs is 1. The van der Waals surface area contributed by atoms with Gasteiger partial charge in [-0.3, -0.25) is 4.98 Å². The van der Waals surface area contributed by atoms with Crippen LogP contribution in [0.2, 0.25) is 0 Å². The van der Waals surface area contributed by atoms with Gasteiger partial charge >= 0.3 is 0 Å². The van der Waals surface area contributed by atoms with Gasteiger partial charge in [-0.1, -0.05) is 24.3 Å². The molecule has 0 bridgehead atoms. The summed E-state index contributed by atoms with van der Waals surface area (Å²) in [6, 6.07) is 12.7. The number of aryl methyl sites for hydroxylation is 2. The summed E-state index contributed by atoms with van der Waals surface area (Å²) < 4.78 is 2.34. The van der Waals surface area contributed by atoms with Crippen LogP contribution in [0.4, 0.5) is 0 Å². The van der Waals surface area contributed by atoms with E-state index in [2.05, 4.69) is 51.4 Å². The highest BCUT2D eigenvalue weighted by atomic mass is 15.0. The van der Waals surface area contributed by atoms with Gasteiger partial charge in [0.25, 0.3) is 0 Å². The normalized spacial score (nSPS) is 11.1. The third-order valence-electron chi connectivity index (χ3n) is 3.60. The van der Waals surface area contributed by atoms with Crippen molar-refractivity contribution in [1.29, 1.82) is 0 Å². The van der Waals surface area contributed by atoms with Crippen molar-refractivity contribution in [3.63, 3.8) is 0 Å². The Kier molecular flexibility index (Phi) is 3.79. The quantitative estimate of drug-likeness (QED) is 0.768. The standard InChI is InChI=1S/C17H19N3/c1-18-12-15-13-20(17-7-3-2-6-16(15)17)10-8-14-5-4-9-19-11-14/h2-7,9,11,13,18H,8,10,12H2,1H3. The van der Waals surface area contributed by atoms with E-state index in [-0.39, 0.29) is 0 Å². The van der Waals surface area contributed by atoms with Crippen molar-refractivity contribution >= 4 is 10.9 Å². The van der Waals surface area contributed by atoms with Crippen LogP contribution in [0.15, 0.2) is 55.0 Å². The molecule has 0 saturated carbocycles. The molecule has 0 aliphatic heterocycles. The number of para-hydroxylation sites is 1. The molecule has 3 aromatic rings. The van der Waals surface area contributed by atoms with Gasteiger partial charge in [-0.15, -0.1) is 0 Å². The van der Waals surface area contributed by atoms with E-state index in [1.54, 1.807) is 0 Å². The van der Waals surface area contributed by atoms with Crippen LogP contribution >= 0.6 is 0 Å². The fourth-order valence-electron chi connectivity index (χ4n) is 2.63.